The van der Waals surface area contributed by atoms with Gasteiger partial charge in [0.15, 0.2) is 0 Å². The summed E-state index contributed by atoms with van der Waals surface area (Å²) < 4.78 is 0. The van der Waals surface area contributed by atoms with E-state index in [0.29, 0.717) is 5.75 Å². The molecule has 3 nitrogen and oxygen atoms in total. The lowest BCUT2D eigenvalue weighted by Gasteiger charge is -2.11. The lowest BCUT2D eigenvalue weighted by Crippen LogP contribution is -2.18. The van der Waals surface area contributed by atoms with Crippen LogP contribution < -0.4 is 11.1 Å². The highest BCUT2D eigenvalue weighted by Gasteiger charge is 2.07. The van der Waals surface area contributed by atoms with Gasteiger partial charge in [0, 0.05) is 11.7 Å². The molecule has 0 saturated heterocycles. The van der Waals surface area contributed by atoms with Crippen LogP contribution >= 0.6 is 11.8 Å². The van der Waals surface area contributed by atoms with E-state index >= 15 is 0 Å². The molecule has 1 aromatic rings. The number of carbonyl (C=O) groups is 1. The van der Waals surface area contributed by atoms with Crippen molar-refractivity contribution in [2.75, 3.05) is 16.8 Å². The van der Waals surface area contributed by atoms with E-state index in [-0.39, 0.29) is 11.9 Å². The fraction of sp³-hybridized carbons (Fsp3) is 0.500. The Morgan fingerprint density at radius 2 is 2.00 bits per heavy atom. The summed E-state index contributed by atoms with van der Waals surface area (Å²) in [6.07, 6.45) is 0.946. The molecule has 1 atom stereocenters. The number of anilines is 1. The zero-order chi connectivity index (χ0) is 13.5. The van der Waals surface area contributed by atoms with Crippen LogP contribution in [0.25, 0.3) is 0 Å². The first kappa shape index (κ1) is 15.1. The maximum atomic E-state index is 11.8. The van der Waals surface area contributed by atoms with E-state index in [0.717, 1.165) is 29.0 Å². The van der Waals surface area contributed by atoms with Crippen molar-refractivity contribution in [3.05, 3.63) is 29.3 Å². The summed E-state index contributed by atoms with van der Waals surface area (Å²) >= 11 is 1.63. The molecule has 4 heteroatoms. The van der Waals surface area contributed by atoms with Crippen molar-refractivity contribution in [1.82, 2.24) is 0 Å². The third-order valence-corrected chi connectivity index (χ3v) is 3.69. The van der Waals surface area contributed by atoms with Gasteiger partial charge in [0.05, 0.1) is 5.75 Å². The second kappa shape index (κ2) is 7.44. The van der Waals surface area contributed by atoms with Crippen LogP contribution in [0.4, 0.5) is 5.69 Å². The van der Waals surface area contributed by atoms with Gasteiger partial charge in [0.1, 0.15) is 0 Å². The lowest BCUT2D eigenvalue weighted by molar-refractivity contribution is -0.113. The molecule has 0 heterocycles. The molecule has 0 aliphatic carbocycles. The van der Waals surface area contributed by atoms with Gasteiger partial charge in [-0.3, -0.25) is 4.79 Å². The molecule has 0 fully saturated rings. The van der Waals surface area contributed by atoms with Crippen LogP contribution in [0, 0.1) is 13.8 Å². The summed E-state index contributed by atoms with van der Waals surface area (Å²) in [7, 11) is 0. The third-order valence-electron chi connectivity index (χ3n) is 2.70. The molecule has 1 unspecified atom stereocenters. The van der Waals surface area contributed by atoms with E-state index in [1.54, 1.807) is 11.8 Å². The summed E-state index contributed by atoms with van der Waals surface area (Å²) in [6, 6.07) is 6.22. The van der Waals surface area contributed by atoms with E-state index in [2.05, 4.69) is 5.32 Å². The molecule has 0 radical (unpaired) electrons. The third kappa shape index (κ3) is 5.10. The van der Waals surface area contributed by atoms with Crippen LogP contribution in [-0.4, -0.2) is 23.5 Å². The molecule has 3 N–H and O–H groups in total. The fourth-order valence-corrected chi connectivity index (χ4v) is 2.56. The lowest BCUT2D eigenvalue weighted by atomic mass is 10.1. The van der Waals surface area contributed by atoms with Crippen molar-refractivity contribution in [3.8, 4) is 0 Å². The summed E-state index contributed by atoms with van der Waals surface area (Å²) in [5, 5.41) is 2.98. The molecule has 1 amide bonds. The number of para-hydroxylation sites is 1. The van der Waals surface area contributed by atoms with Crippen LogP contribution in [0.5, 0.6) is 0 Å². The number of nitrogens with two attached hydrogens (primary N) is 1. The Kier molecular flexibility index (Phi) is 6.22. The highest BCUT2D eigenvalue weighted by Crippen LogP contribution is 2.19. The smallest absolute Gasteiger partial charge is 0.234 e. The second-order valence-corrected chi connectivity index (χ2v) is 5.74. The molecule has 100 valence electrons. The average Bonchev–Trinajstić information content (AvgIpc) is 2.29. The minimum absolute atomic E-state index is 0.0575. The maximum Gasteiger partial charge on any atom is 0.234 e. The van der Waals surface area contributed by atoms with Crippen LogP contribution in [0.2, 0.25) is 0 Å². The Bertz CT molecular complexity index is 385. The number of nitrogens with one attached hydrogen (secondary N) is 1. The van der Waals surface area contributed by atoms with Crippen LogP contribution in [0.15, 0.2) is 18.2 Å². The minimum atomic E-state index is 0.0575. The highest BCUT2D eigenvalue weighted by molar-refractivity contribution is 7.99. The standard InChI is InChI=1S/C14H22N2OS/c1-10-5-4-6-11(2)14(10)16-13(17)9-18-8-7-12(3)15/h4-6,12H,7-9,15H2,1-3H3,(H,16,17). The van der Waals surface area contributed by atoms with Crippen LogP contribution in [0.3, 0.4) is 0 Å². The van der Waals surface area contributed by atoms with Crippen molar-refractivity contribution < 1.29 is 4.79 Å². The van der Waals surface area contributed by atoms with Gasteiger partial charge in [0.25, 0.3) is 0 Å². The van der Waals surface area contributed by atoms with E-state index < -0.39 is 0 Å². The first-order valence-corrected chi connectivity index (χ1v) is 7.35. The van der Waals surface area contributed by atoms with Gasteiger partial charge in [-0.1, -0.05) is 18.2 Å². The number of carbonyl (C=O) groups excluding carboxylic acids is 1. The van der Waals surface area contributed by atoms with Gasteiger partial charge in [-0.15, -0.1) is 0 Å². The Hall–Kier alpha value is -1.000. The van der Waals surface area contributed by atoms with Crippen molar-refractivity contribution in [2.45, 2.75) is 33.2 Å². The van der Waals surface area contributed by atoms with Gasteiger partial charge in [-0.2, -0.15) is 11.8 Å². The molecule has 18 heavy (non-hydrogen) atoms. The number of amides is 1. The maximum absolute atomic E-state index is 11.8. The number of benzene rings is 1. The molecular formula is C14H22N2OS. The summed E-state index contributed by atoms with van der Waals surface area (Å²) in [6.45, 7) is 6.00. The van der Waals surface area contributed by atoms with Crippen LogP contribution in [-0.2, 0) is 4.79 Å². The zero-order valence-electron chi connectivity index (χ0n) is 11.3. The first-order chi connectivity index (χ1) is 8.50. The van der Waals surface area contributed by atoms with E-state index in [9.17, 15) is 4.79 Å². The van der Waals surface area contributed by atoms with Gasteiger partial charge in [-0.25, -0.2) is 0 Å². The van der Waals surface area contributed by atoms with Crippen molar-refractivity contribution in [2.24, 2.45) is 5.73 Å². The molecule has 0 aliphatic rings. The molecule has 0 aromatic heterocycles. The Labute approximate surface area is 114 Å². The Balaban J connectivity index is 2.40. The minimum Gasteiger partial charge on any atom is -0.328 e. The summed E-state index contributed by atoms with van der Waals surface area (Å²) in [5.41, 5.74) is 8.80. The Morgan fingerprint density at radius 1 is 1.39 bits per heavy atom. The monoisotopic (exact) mass is 266 g/mol. The van der Waals surface area contributed by atoms with Crippen molar-refractivity contribution >= 4 is 23.4 Å². The van der Waals surface area contributed by atoms with E-state index in [1.807, 2.05) is 39.0 Å². The normalized spacial score (nSPS) is 12.2. The Morgan fingerprint density at radius 3 is 2.56 bits per heavy atom. The predicted octanol–water partition coefficient (Wildman–Crippen LogP) is 2.71. The van der Waals surface area contributed by atoms with Gasteiger partial charge in [0.2, 0.25) is 5.91 Å². The molecule has 0 aliphatic heterocycles. The van der Waals surface area contributed by atoms with Crippen molar-refractivity contribution in [3.63, 3.8) is 0 Å². The molecule has 0 spiro atoms. The molecule has 0 saturated carbocycles. The molecule has 1 rings (SSSR count). The number of hydrogen-bond acceptors (Lipinski definition) is 3. The zero-order valence-corrected chi connectivity index (χ0v) is 12.1. The van der Waals surface area contributed by atoms with Crippen LogP contribution in [0.1, 0.15) is 24.5 Å². The quantitative estimate of drug-likeness (QED) is 0.778. The van der Waals surface area contributed by atoms with Gasteiger partial charge in [-0.05, 0) is 44.1 Å². The number of rotatable bonds is 6. The SMILES string of the molecule is Cc1cccc(C)c1NC(=O)CSCCC(C)N. The van der Waals surface area contributed by atoms with Crippen molar-refractivity contribution in [1.29, 1.82) is 0 Å². The summed E-state index contributed by atoms with van der Waals surface area (Å²) in [5.74, 6) is 1.47. The number of aryl methyl sites for hydroxylation is 2. The predicted molar refractivity (Wildman–Crippen MR) is 80.1 cm³/mol. The van der Waals surface area contributed by atoms with Gasteiger partial charge >= 0.3 is 0 Å². The molecule has 1 aromatic carbocycles. The largest absolute Gasteiger partial charge is 0.328 e. The summed E-state index contributed by atoms with van der Waals surface area (Å²) in [4.78, 5) is 11.8. The average molecular weight is 266 g/mol. The highest BCUT2D eigenvalue weighted by atomic mass is 32.2. The number of thioether (sulfide) groups is 1. The molecular weight excluding hydrogens is 244 g/mol. The molecule has 0 bridgehead atoms. The second-order valence-electron chi connectivity index (χ2n) is 4.63. The van der Waals surface area contributed by atoms with Gasteiger partial charge < -0.3 is 11.1 Å². The topological polar surface area (TPSA) is 55.1 Å². The van der Waals surface area contributed by atoms with E-state index in [4.69, 9.17) is 5.73 Å². The number of hydrogen-bond donors (Lipinski definition) is 2. The first-order valence-electron chi connectivity index (χ1n) is 6.20. The fourth-order valence-electron chi connectivity index (χ4n) is 1.62. The van der Waals surface area contributed by atoms with E-state index in [1.165, 1.54) is 0 Å².